The van der Waals surface area contributed by atoms with Gasteiger partial charge >= 0.3 is 5.97 Å². The molecule has 0 saturated carbocycles. The zero-order chi connectivity index (χ0) is 13.5. The highest BCUT2D eigenvalue weighted by Gasteiger charge is 2.12. The molecule has 0 aliphatic carbocycles. The van der Waals surface area contributed by atoms with E-state index in [4.69, 9.17) is 4.74 Å². The van der Waals surface area contributed by atoms with Crippen LogP contribution in [-0.4, -0.2) is 25.0 Å². The molecule has 3 heteroatoms. The van der Waals surface area contributed by atoms with Crippen LogP contribution in [0.25, 0.3) is 0 Å². The lowest BCUT2D eigenvalue weighted by molar-refractivity contribution is -0.134. The molecule has 1 aromatic carbocycles. The number of carbonyl (C=O) groups is 1. The van der Waals surface area contributed by atoms with E-state index in [2.05, 4.69) is 17.9 Å². The summed E-state index contributed by atoms with van der Waals surface area (Å²) < 4.78 is 5.41. The third-order valence-electron chi connectivity index (χ3n) is 2.73. The minimum atomic E-state index is -0.172. The molecule has 3 nitrogen and oxygen atoms in total. The molecule has 0 bridgehead atoms. The fourth-order valence-electron chi connectivity index (χ4n) is 1.92. The molecule has 1 rings (SSSR count). The summed E-state index contributed by atoms with van der Waals surface area (Å²) in [5.41, 5.74) is 2.40. The summed E-state index contributed by atoms with van der Waals surface area (Å²) in [7, 11) is 4.08. The molecule has 0 amide bonds. The molecule has 0 N–H and O–H groups in total. The molecule has 18 heavy (non-hydrogen) atoms. The molecular weight excluding hydrogens is 226 g/mol. The Bertz CT molecular complexity index is 399. The van der Waals surface area contributed by atoms with Crippen molar-refractivity contribution < 1.29 is 9.53 Å². The van der Waals surface area contributed by atoms with Crippen LogP contribution in [0.5, 0.6) is 5.75 Å². The van der Waals surface area contributed by atoms with Crippen LogP contribution in [0.3, 0.4) is 0 Å². The molecule has 0 fully saturated rings. The summed E-state index contributed by atoms with van der Waals surface area (Å²) in [6, 6.07) is 5.95. The lowest BCUT2D eigenvalue weighted by Crippen LogP contribution is -2.14. The Hall–Kier alpha value is -1.35. The second-order valence-corrected chi connectivity index (χ2v) is 4.71. The van der Waals surface area contributed by atoms with E-state index in [1.807, 2.05) is 33.2 Å². The summed E-state index contributed by atoms with van der Waals surface area (Å²) in [4.78, 5) is 13.6. The van der Waals surface area contributed by atoms with Crippen molar-refractivity contribution in [2.24, 2.45) is 0 Å². The van der Waals surface area contributed by atoms with E-state index in [9.17, 15) is 4.79 Å². The first-order valence-electron chi connectivity index (χ1n) is 6.54. The van der Waals surface area contributed by atoms with Crippen molar-refractivity contribution in [1.29, 1.82) is 0 Å². The van der Waals surface area contributed by atoms with Crippen LogP contribution in [-0.2, 0) is 17.8 Å². The lowest BCUT2D eigenvalue weighted by atomic mass is 10.0. The van der Waals surface area contributed by atoms with Gasteiger partial charge in [-0.15, -0.1) is 0 Å². The minimum absolute atomic E-state index is 0.172. The molecule has 0 aliphatic heterocycles. The van der Waals surface area contributed by atoms with Crippen LogP contribution < -0.4 is 4.74 Å². The second-order valence-electron chi connectivity index (χ2n) is 4.71. The summed E-state index contributed by atoms with van der Waals surface area (Å²) in [6.45, 7) is 4.82. The van der Waals surface area contributed by atoms with Gasteiger partial charge in [-0.25, -0.2) is 0 Å². The molecule has 0 aliphatic rings. The standard InChI is InChI=1S/C15H23NO2/c1-5-8-13-12(11-16(3)4)9-7-10-14(13)18-15(17)6-2/h7,9-10H,5-6,8,11H2,1-4H3. The molecule has 0 aromatic heterocycles. The number of benzene rings is 1. The van der Waals surface area contributed by atoms with Gasteiger partial charge in [0.25, 0.3) is 0 Å². The predicted octanol–water partition coefficient (Wildman–Crippen LogP) is 3.02. The van der Waals surface area contributed by atoms with E-state index >= 15 is 0 Å². The summed E-state index contributed by atoms with van der Waals surface area (Å²) in [5, 5.41) is 0. The van der Waals surface area contributed by atoms with Crippen molar-refractivity contribution in [3.05, 3.63) is 29.3 Å². The fourth-order valence-corrected chi connectivity index (χ4v) is 1.92. The monoisotopic (exact) mass is 249 g/mol. The van der Waals surface area contributed by atoms with Crippen molar-refractivity contribution in [3.63, 3.8) is 0 Å². The first kappa shape index (κ1) is 14.7. The predicted molar refractivity (Wildman–Crippen MR) is 73.8 cm³/mol. The number of hydrogen-bond donors (Lipinski definition) is 0. The van der Waals surface area contributed by atoms with Crippen LogP contribution in [0, 0.1) is 0 Å². The van der Waals surface area contributed by atoms with Gasteiger partial charge in [-0.3, -0.25) is 4.79 Å². The summed E-state index contributed by atoms with van der Waals surface area (Å²) in [6.07, 6.45) is 2.39. The van der Waals surface area contributed by atoms with Gasteiger partial charge in [0.1, 0.15) is 5.75 Å². The average Bonchev–Trinajstić information content (AvgIpc) is 2.32. The van der Waals surface area contributed by atoms with Crippen molar-refractivity contribution in [2.75, 3.05) is 14.1 Å². The quantitative estimate of drug-likeness (QED) is 0.573. The van der Waals surface area contributed by atoms with Crippen molar-refractivity contribution >= 4 is 5.97 Å². The molecule has 0 saturated heterocycles. The van der Waals surface area contributed by atoms with Crippen LogP contribution >= 0.6 is 0 Å². The summed E-state index contributed by atoms with van der Waals surface area (Å²) in [5.74, 6) is 0.553. The van der Waals surface area contributed by atoms with Gasteiger partial charge in [-0.1, -0.05) is 32.4 Å². The largest absolute Gasteiger partial charge is 0.426 e. The van der Waals surface area contributed by atoms with Gasteiger partial charge in [0.15, 0.2) is 0 Å². The minimum Gasteiger partial charge on any atom is -0.426 e. The van der Waals surface area contributed by atoms with Gasteiger partial charge in [0, 0.05) is 13.0 Å². The Labute approximate surface area is 110 Å². The molecule has 0 atom stereocenters. The SMILES string of the molecule is CCCc1c(CN(C)C)cccc1OC(=O)CC. The van der Waals surface area contributed by atoms with Gasteiger partial charge in [-0.2, -0.15) is 0 Å². The number of rotatable bonds is 6. The third kappa shape index (κ3) is 4.15. The molecule has 0 heterocycles. The highest BCUT2D eigenvalue weighted by atomic mass is 16.5. The maximum atomic E-state index is 11.4. The normalized spacial score (nSPS) is 10.7. The molecule has 1 aromatic rings. The lowest BCUT2D eigenvalue weighted by Gasteiger charge is -2.17. The van der Waals surface area contributed by atoms with E-state index in [1.54, 1.807) is 0 Å². The highest BCUT2D eigenvalue weighted by Crippen LogP contribution is 2.25. The van der Waals surface area contributed by atoms with E-state index in [0.29, 0.717) is 6.42 Å². The first-order chi connectivity index (χ1) is 8.58. The maximum Gasteiger partial charge on any atom is 0.310 e. The average molecular weight is 249 g/mol. The molecule has 0 unspecified atom stereocenters. The van der Waals surface area contributed by atoms with E-state index in [1.165, 1.54) is 5.56 Å². The Morgan fingerprint density at radius 1 is 1.28 bits per heavy atom. The van der Waals surface area contributed by atoms with Crippen LogP contribution in [0.4, 0.5) is 0 Å². The Kier molecular flexibility index (Phi) is 5.86. The van der Waals surface area contributed by atoms with Crippen molar-refractivity contribution in [3.8, 4) is 5.75 Å². The van der Waals surface area contributed by atoms with Crippen LogP contribution in [0.2, 0.25) is 0 Å². The van der Waals surface area contributed by atoms with Gasteiger partial charge in [0.2, 0.25) is 0 Å². The van der Waals surface area contributed by atoms with E-state index in [0.717, 1.165) is 30.7 Å². The Morgan fingerprint density at radius 3 is 2.56 bits per heavy atom. The van der Waals surface area contributed by atoms with Crippen molar-refractivity contribution in [1.82, 2.24) is 4.90 Å². The Balaban J connectivity index is 3.04. The zero-order valence-electron chi connectivity index (χ0n) is 11.8. The Morgan fingerprint density at radius 2 is 2.00 bits per heavy atom. The molecule has 0 radical (unpaired) electrons. The summed E-state index contributed by atoms with van der Waals surface area (Å²) >= 11 is 0. The van der Waals surface area contributed by atoms with Crippen LogP contribution in [0.15, 0.2) is 18.2 Å². The third-order valence-corrected chi connectivity index (χ3v) is 2.73. The first-order valence-corrected chi connectivity index (χ1v) is 6.54. The molecule has 0 spiro atoms. The van der Waals surface area contributed by atoms with Gasteiger partial charge in [-0.05, 0) is 37.7 Å². The number of carbonyl (C=O) groups excluding carboxylic acids is 1. The molecular formula is C15H23NO2. The number of esters is 1. The van der Waals surface area contributed by atoms with Gasteiger partial charge in [0.05, 0.1) is 0 Å². The number of ether oxygens (including phenoxy) is 1. The molecule has 100 valence electrons. The van der Waals surface area contributed by atoms with Crippen molar-refractivity contribution in [2.45, 2.75) is 39.7 Å². The number of nitrogens with zero attached hydrogens (tertiary/aromatic N) is 1. The fraction of sp³-hybridized carbons (Fsp3) is 0.533. The van der Waals surface area contributed by atoms with E-state index in [-0.39, 0.29) is 5.97 Å². The number of hydrogen-bond acceptors (Lipinski definition) is 3. The van der Waals surface area contributed by atoms with Gasteiger partial charge < -0.3 is 9.64 Å². The zero-order valence-corrected chi connectivity index (χ0v) is 11.8. The highest BCUT2D eigenvalue weighted by molar-refractivity contribution is 5.72. The topological polar surface area (TPSA) is 29.5 Å². The second kappa shape index (κ2) is 7.17. The smallest absolute Gasteiger partial charge is 0.310 e. The maximum absolute atomic E-state index is 11.4. The van der Waals surface area contributed by atoms with E-state index < -0.39 is 0 Å². The van der Waals surface area contributed by atoms with Crippen LogP contribution in [0.1, 0.15) is 37.8 Å².